The second-order valence-electron chi connectivity index (χ2n) is 4.25. The van der Waals surface area contributed by atoms with Crippen molar-refractivity contribution in [3.8, 4) is 0 Å². The molecule has 0 aliphatic rings. The number of nitrogens with two attached hydrogens (primary N) is 1. The monoisotopic (exact) mass is 314 g/mol. The average Bonchev–Trinajstić information content (AvgIpc) is 2.36. The van der Waals surface area contributed by atoms with Gasteiger partial charge in [0.15, 0.2) is 0 Å². The summed E-state index contributed by atoms with van der Waals surface area (Å²) in [6.07, 6.45) is 0. The lowest BCUT2D eigenvalue weighted by Crippen LogP contribution is -2.15. The van der Waals surface area contributed by atoms with Gasteiger partial charge < -0.3 is 5.73 Å². The lowest BCUT2D eigenvalue weighted by Gasteiger charge is -2.11. The third-order valence-corrected chi connectivity index (χ3v) is 4.42. The Labute approximate surface area is 121 Å². The Balaban J connectivity index is 2.46. The number of hydrogen-bond donors (Lipinski definition) is 2. The fraction of sp³-hybridized carbons (Fsp3) is 0.0769. The zero-order chi connectivity index (χ0) is 14.9. The van der Waals surface area contributed by atoms with Crippen LogP contribution >= 0.6 is 11.6 Å². The zero-order valence-corrected chi connectivity index (χ0v) is 12.1. The summed E-state index contributed by atoms with van der Waals surface area (Å²) in [5.74, 6) is -0.706. The van der Waals surface area contributed by atoms with Crippen molar-refractivity contribution in [2.45, 2.75) is 11.8 Å². The Bertz CT molecular complexity index is 763. The van der Waals surface area contributed by atoms with E-state index in [-0.39, 0.29) is 21.3 Å². The smallest absolute Gasteiger partial charge is 0.262 e. The van der Waals surface area contributed by atoms with Gasteiger partial charge >= 0.3 is 0 Å². The number of sulfonamides is 1. The van der Waals surface area contributed by atoms with E-state index in [9.17, 15) is 12.8 Å². The number of benzene rings is 2. The van der Waals surface area contributed by atoms with Gasteiger partial charge in [-0.15, -0.1) is 0 Å². The topological polar surface area (TPSA) is 72.2 Å². The molecule has 3 N–H and O–H groups in total. The molecule has 4 nitrogen and oxygen atoms in total. The highest BCUT2D eigenvalue weighted by atomic mass is 35.5. The third kappa shape index (κ3) is 3.02. The highest BCUT2D eigenvalue weighted by molar-refractivity contribution is 7.92. The number of nitrogen functional groups attached to an aromatic ring is 1. The summed E-state index contributed by atoms with van der Waals surface area (Å²) in [6, 6.07) is 8.12. The summed E-state index contributed by atoms with van der Waals surface area (Å²) in [7, 11) is -3.94. The molecular weight excluding hydrogens is 303 g/mol. The molecule has 0 amide bonds. The maximum atomic E-state index is 13.6. The second kappa shape index (κ2) is 5.30. The molecule has 2 aromatic rings. The van der Waals surface area contributed by atoms with Crippen molar-refractivity contribution in [3.63, 3.8) is 0 Å². The maximum Gasteiger partial charge on any atom is 0.262 e. The number of nitrogens with one attached hydrogen (secondary N) is 1. The molecule has 0 radical (unpaired) electrons. The van der Waals surface area contributed by atoms with Gasteiger partial charge in [0.1, 0.15) is 5.82 Å². The van der Waals surface area contributed by atoms with Crippen LogP contribution in [0, 0.1) is 12.7 Å². The van der Waals surface area contributed by atoms with Crippen LogP contribution in [0.25, 0.3) is 0 Å². The minimum absolute atomic E-state index is 0.00757. The van der Waals surface area contributed by atoms with E-state index in [2.05, 4.69) is 4.72 Å². The van der Waals surface area contributed by atoms with Gasteiger partial charge in [-0.05, 0) is 42.8 Å². The molecule has 0 saturated carbocycles. The van der Waals surface area contributed by atoms with Crippen LogP contribution in [-0.2, 0) is 10.0 Å². The fourth-order valence-corrected chi connectivity index (χ4v) is 3.25. The first kappa shape index (κ1) is 14.6. The standard InChI is InChI=1S/C13H12ClFN2O2S/c1-8-2-3-9(14)6-13(8)20(18,19)17-12-7-10(16)4-5-11(12)15/h2-7,17H,16H2,1H3. The summed E-state index contributed by atoms with van der Waals surface area (Å²) >= 11 is 5.80. The average molecular weight is 315 g/mol. The first-order valence-corrected chi connectivity index (χ1v) is 7.50. The molecule has 106 valence electrons. The quantitative estimate of drug-likeness (QED) is 0.855. The van der Waals surface area contributed by atoms with E-state index in [0.29, 0.717) is 5.56 Å². The van der Waals surface area contributed by atoms with Gasteiger partial charge in [-0.25, -0.2) is 12.8 Å². The van der Waals surface area contributed by atoms with Crippen molar-refractivity contribution in [2.75, 3.05) is 10.5 Å². The number of hydrogen-bond acceptors (Lipinski definition) is 3. The molecule has 0 spiro atoms. The summed E-state index contributed by atoms with van der Waals surface area (Å²) in [4.78, 5) is -0.00757. The molecule has 7 heteroatoms. The first-order valence-electron chi connectivity index (χ1n) is 5.63. The predicted molar refractivity (Wildman–Crippen MR) is 77.8 cm³/mol. The Kier molecular flexibility index (Phi) is 3.87. The molecular formula is C13H12ClFN2O2S. The number of aryl methyl sites for hydroxylation is 1. The molecule has 20 heavy (non-hydrogen) atoms. The normalized spacial score (nSPS) is 11.3. The summed E-state index contributed by atoms with van der Waals surface area (Å²) < 4.78 is 40.3. The van der Waals surface area contributed by atoms with Crippen LogP contribution in [0.4, 0.5) is 15.8 Å². The van der Waals surface area contributed by atoms with Gasteiger partial charge in [-0.3, -0.25) is 4.72 Å². The number of anilines is 2. The van der Waals surface area contributed by atoms with Crippen molar-refractivity contribution in [1.29, 1.82) is 0 Å². The zero-order valence-electron chi connectivity index (χ0n) is 10.5. The highest BCUT2D eigenvalue weighted by Crippen LogP contribution is 2.25. The highest BCUT2D eigenvalue weighted by Gasteiger charge is 2.19. The Hall–Kier alpha value is -1.79. The van der Waals surface area contributed by atoms with Gasteiger partial charge in [0.2, 0.25) is 0 Å². The molecule has 0 aliphatic heterocycles. The van der Waals surface area contributed by atoms with Crippen LogP contribution in [0.5, 0.6) is 0 Å². The van der Waals surface area contributed by atoms with Crippen LogP contribution in [-0.4, -0.2) is 8.42 Å². The van der Waals surface area contributed by atoms with E-state index in [1.165, 1.54) is 18.2 Å². The molecule has 0 aliphatic carbocycles. The second-order valence-corrected chi connectivity index (χ2v) is 6.34. The van der Waals surface area contributed by atoms with Crippen LogP contribution < -0.4 is 10.5 Å². The van der Waals surface area contributed by atoms with Crippen LogP contribution in [0.3, 0.4) is 0 Å². The first-order chi connectivity index (χ1) is 9.29. The maximum absolute atomic E-state index is 13.6. The molecule has 2 aromatic carbocycles. The Morgan fingerprint density at radius 2 is 1.90 bits per heavy atom. The molecule has 0 bridgehead atoms. The van der Waals surface area contributed by atoms with Crippen molar-refractivity contribution in [2.24, 2.45) is 0 Å². The van der Waals surface area contributed by atoms with Gasteiger partial charge in [0.05, 0.1) is 10.6 Å². The molecule has 0 atom stereocenters. The lowest BCUT2D eigenvalue weighted by atomic mass is 10.2. The Morgan fingerprint density at radius 3 is 2.60 bits per heavy atom. The molecule has 0 aromatic heterocycles. The van der Waals surface area contributed by atoms with Gasteiger partial charge in [0, 0.05) is 10.7 Å². The summed E-state index contributed by atoms with van der Waals surface area (Å²) in [6.45, 7) is 1.63. The Morgan fingerprint density at radius 1 is 1.20 bits per heavy atom. The predicted octanol–water partition coefficient (Wildman–Crippen LogP) is 3.17. The van der Waals surface area contributed by atoms with Crippen molar-refractivity contribution in [1.82, 2.24) is 0 Å². The SMILES string of the molecule is Cc1ccc(Cl)cc1S(=O)(=O)Nc1cc(N)ccc1F. The molecule has 0 heterocycles. The third-order valence-electron chi connectivity index (χ3n) is 2.67. The van der Waals surface area contributed by atoms with E-state index in [4.69, 9.17) is 17.3 Å². The minimum atomic E-state index is -3.94. The number of halogens is 2. The molecule has 0 saturated heterocycles. The summed E-state index contributed by atoms with van der Waals surface area (Å²) in [5, 5.41) is 0.282. The fourth-order valence-electron chi connectivity index (χ4n) is 1.68. The van der Waals surface area contributed by atoms with E-state index in [0.717, 1.165) is 6.07 Å². The van der Waals surface area contributed by atoms with Gasteiger partial charge in [-0.2, -0.15) is 0 Å². The molecule has 0 fully saturated rings. The van der Waals surface area contributed by atoms with E-state index in [1.54, 1.807) is 19.1 Å². The minimum Gasteiger partial charge on any atom is -0.399 e. The molecule has 0 unspecified atom stereocenters. The molecule has 2 rings (SSSR count). The van der Waals surface area contributed by atoms with Crippen LogP contribution in [0.1, 0.15) is 5.56 Å². The van der Waals surface area contributed by atoms with E-state index in [1.807, 2.05) is 0 Å². The van der Waals surface area contributed by atoms with Gasteiger partial charge in [0.25, 0.3) is 10.0 Å². The van der Waals surface area contributed by atoms with Gasteiger partial charge in [-0.1, -0.05) is 17.7 Å². The lowest BCUT2D eigenvalue weighted by molar-refractivity contribution is 0.598. The van der Waals surface area contributed by atoms with Crippen LogP contribution in [0.2, 0.25) is 5.02 Å². The summed E-state index contributed by atoms with van der Waals surface area (Å²) in [5.41, 5.74) is 6.07. The van der Waals surface area contributed by atoms with Crippen molar-refractivity contribution >= 4 is 33.0 Å². The van der Waals surface area contributed by atoms with E-state index < -0.39 is 15.8 Å². The number of rotatable bonds is 3. The van der Waals surface area contributed by atoms with E-state index >= 15 is 0 Å². The van der Waals surface area contributed by atoms with Crippen molar-refractivity contribution < 1.29 is 12.8 Å². The van der Waals surface area contributed by atoms with Crippen LogP contribution in [0.15, 0.2) is 41.3 Å². The largest absolute Gasteiger partial charge is 0.399 e. The van der Waals surface area contributed by atoms with Crippen molar-refractivity contribution in [3.05, 3.63) is 52.8 Å².